The average molecular weight is 485 g/mol. The number of halogens is 1. The molecule has 2 N–H and O–H groups in total. The number of nitrogens with zero attached hydrogens (tertiary/aromatic N) is 1. The van der Waals surface area contributed by atoms with Crippen LogP contribution >= 0.6 is 11.6 Å². The van der Waals surface area contributed by atoms with Gasteiger partial charge in [-0.2, -0.15) is 5.10 Å². The van der Waals surface area contributed by atoms with Crippen LogP contribution in [0.5, 0.6) is 5.75 Å². The van der Waals surface area contributed by atoms with E-state index in [1.807, 2.05) is 0 Å². The van der Waals surface area contributed by atoms with E-state index < -0.39 is 17.5 Å². The minimum atomic E-state index is -1.94. The van der Waals surface area contributed by atoms with Gasteiger partial charge < -0.3 is 9.84 Å². The van der Waals surface area contributed by atoms with Crippen LogP contribution in [0.4, 0.5) is 0 Å². The first-order valence-electron chi connectivity index (χ1n) is 10.7. The van der Waals surface area contributed by atoms with Crippen LogP contribution in [0.25, 0.3) is 0 Å². The number of benzene rings is 4. The molecule has 6 nitrogen and oxygen atoms in total. The maximum absolute atomic E-state index is 13.1. The second-order valence-electron chi connectivity index (χ2n) is 7.58. The van der Waals surface area contributed by atoms with Gasteiger partial charge in [0, 0.05) is 0 Å². The van der Waals surface area contributed by atoms with Crippen molar-refractivity contribution < 1.29 is 19.4 Å². The molecule has 1 amide bonds. The van der Waals surface area contributed by atoms with Crippen molar-refractivity contribution >= 4 is 29.7 Å². The number of carbonyl (C=O) groups is 2. The Balaban J connectivity index is 1.50. The van der Waals surface area contributed by atoms with Gasteiger partial charge >= 0.3 is 5.97 Å². The van der Waals surface area contributed by atoms with Gasteiger partial charge in [-0.25, -0.2) is 10.2 Å². The van der Waals surface area contributed by atoms with Crippen LogP contribution in [0.15, 0.2) is 114 Å². The van der Waals surface area contributed by atoms with E-state index in [9.17, 15) is 14.7 Å². The highest BCUT2D eigenvalue weighted by atomic mass is 35.5. The lowest BCUT2D eigenvalue weighted by Gasteiger charge is -2.27. The molecule has 0 aliphatic rings. The predicted octanol–water partition coefficient (Wildman–Crippen LogP) is 4.95. The molecule has 0 unspecified atom stereocenters. The third-order valence-corrected chi connectivity index (χ3v) is 5.58. The molecule has 0 saturated heterocycles. The highest BCUT2D eigenvalue weighted by Crippen LogP contribution is 2.29. The maximum atomic E-state index is 13.1. The molecule has 4 aromatic carbocycles. The summed E-state index contributed by atoms with van der Waals surface area (Å²) in [4.78, 5) is 25.5. The van der Waals surface area contributed by atoms with Crippen molar-refractivity contribution in [2.45, 2.75) is 5.60 Å². The Bertz CT molecular complexity index is 1320. The van der Waals surface area contributed by atoms with Crippen LogP contribution < -0.4 is 10.2 Å². The highest BCUT2D eigenvalue weighted by molar-refractivity contribution is 6.33. The molecule has 0 atom stereocenters. The highest BCUT2D eigenvalue weighted by Gasteiger charge is 2.39. The van der Waals surface area contributed by atoms with E-state index in [1.165, 1.54) is 6.21 Å². The molecule has 0 spiro atoms. The Hall–Kier alpha value is -4.26. The number of esters is 1. The lowest BCUT2D eigenvalue weighted by molar-refractivity contribution is -0.136. The van der Waals surface area contributed by atoms with Gasteiger partial charge in [0.05, 0.1) is 16.8 Å². The third-order valence-electron chi connectivity index (χ3n) is 5.25. The molecule has 0 aromatic heterocycles. The summed E-state index contributed by atoms with van der Waals surface area (Å²) in [7, 11) is 0. The van der Waals surface area contributed by atoms with Gasteiger partial charge in [0.2, 0.25) is 0 Å². The number of ether oxygens (including phenoxy) is 1. The minimum Gasteiger partial charge on any atom is -0.423 e. The Morgan fingerprint density at radius 1 is 0.829 bits per heavy atom. The zero-order valence-electron chi connectivity index (χ0n) is 18.5. The molecule has 0 fully saturated rings. The Morgan fingerprint density at radius 2 is 1.43 bits per heavy atom. The first-order chi connectivity index (χ1) is 17.0. The zero-order valence-corrected chi connectivity index (χ0v) is 19.2. The zero-order chi connectivity index (χ0) is 24.7. The van der Waals surface area contributed by atoms with Crippen molar-refractivity contribution in [1.82, 2.24) is 5.43 Å². The topological polar surface area (TPSA) is 88.0 Å². The van der Waals surface area contributed by atoms with Crippen molar-refractivity contribution in [2.75, 3.05) is 0 Å². The number of rotatable bonds is 7. The van der Waals surface area contributed by atoms with Gasteiger partial charge in [-0.15, -0.1) is 0 Å². The molecule has 0 aliphatic carbocycles. The van der Waals surface area contributed by atoms with E-state index in [4.69, 9.17) is 16.3 Å². The van der Waals surface area contributed by atoms with Gasteiger partial charge in [0.25, 0.3) is 5.91 Å². The van der Waals surface area contributed by atoms with Crippen LogP contribution in [0, 0.1) is 0 Å². The van der Waals surface area contributed by atoms with E-state index in [0.717, 1.165) is 0 Å². The first-order valence-corrected chi connectivity index (χ1v) is 11.1. The summed E-state index contributed by atoms with van der Waals surface area (Å²) < 4.78 is 5.41. The normalized spacial score (nSPS) is 11.3. The van der Waals surface area contributed by atoms with Crippen LogP contribution in [0.2, 0.25) is 5.02 Å². The predicted molar refractivity (Wildman–Crippen MR) is 134 cm³/mol. The van der Waals surface area contributed by atoms with Crippen LogP contribution in [-0.4, -0.2) is 23.2 Å². The molecule has 0 aliphatic heterocycles. The van der Waals surface area contributed by atoms with Crippen molar-refractivity contribution in [3.63, 3.8) is 0 Å². The monoisotopic (exact) mass is 484 g/mol. The van der Waals surface area contributed by atoms with Crippen LogP contribution in [-0.2, 0) is 10.4 Å². The number of carbonyl (C=O) groups excluding carboxylic acids is 2. The quantitative estimate of drug-likeness (QED) is 0.168. The SMILES string of the molecule is O=C(Oc1cccc(/C=N/NC(=O)C(O)(c2ccccc2)c2ccccc2)c1)c1ccccc1Cl. The molecule has 0 saturated carbocycles. The largest absolute Gasteiger partial charge is 0.423 e. The first kappa shape index (κ1) is 23.9. The number of nitrogens with one attached hydrogen (secondary N) is 1. The average Bonchev–Trinajstić information content (AvgIpc) is 2.89. The molecule has 35 heavy (non-hydrogen) atoms. The van der Waals surface area contributed by atoms with Gasteiger partial charge in [-0.1, -0.05) is 96.5 Å². The fourth-order valence-electron chi connectivity index (χ4n) is 3.48. The summed E-state index contributed by atoms with van der Waals surface area (Å²) in [5.74, 6) is -1.02. The lowest BCUT2D eigenvalue weighted by Crippen LogP contribution is -2.43. The molecule has 4 aromatic rings. The number of hydrazone groups is 1. The molecular weight excluding hydrogens is 464 g/mol. The summed E-state index contributed by atoms with van der Waals surface area (Å²) >= 11 is 6.06. The van der Waals surface area contributed by atoms with Gasteiger partial charge in [0.1, 0.15) is 5.75 Å². The second-order valence-corrected chi connectivity index (χ2v) is 7.99. The van der Waals surface area contributed by atoms with Crippen molar-refractivity contribution in [3.05, 3.63) is 136 Å². The fraction of sp³-hybridized carbons (Fsp3) is 0.0357. The van der Waals surface area contributed by atoms with Crippen molar-refractivity contribution in [2.24, 2.45) is 5.10 Å². The number of aliphatic hydroxyl groups is 1. The molecule has 0 radical (unpaired) electrons. The second kappa shape index (κ2) is 10.8. The van der Waals surface area contributed by atoms with Gasteiger partial charge in [0.15, 0.2) is 5.60 Å². The Morgan fingerprint density at radius 3 is 2.06 bits per heavy atom. The van der Waals surface area contributed by atoms with E-state index in [1.54, 1.807) is 109 Å². The summed E-state index contributed by atoms with van der Waals surface area (Å²) in [6.45, 7) is 0. The summed E-state index contributed by atoms with van der Waals surface area (Å²) in [6.07, 6.45) is 1.39. The molecule has 7 heteroatoms. The summed E-state index contributed by atoms with van der Waals surface area (Å²) in [6, 6.07) is 30.5. The Labute approximate surface area is 207 Å². The van der Waals surface area contributed by atoms with E-state index >= 15 is 0 Å². The van der Waals surface area contributed by atoms with E-state index in [2.05, 4.69) is 10.5 Å². The minimum absolute atomic E-state index is 0.251. The molecular formula is C28H21ClN2O4. The van der Waals surface area contributed by atoms with Crippen molar-refractivity contribution in [1.29, 1.82) is 0 Å². The number of hydrogen-bond donors (Lipinski definition) is 2. The smallest absolute Gasteiger partial charge is 0.345 e. The molecule has 174 valence electrons. The van der Waals surface area contributed by atoms with Crippen molar-refractivity contribution in [3.8, 4) is 5.75 Å². The maximum Gasteiger partial charge on any atom is 0.345 e. The van der Waals surface area contributed by atoms with Gasteiger partial charge in [-0.05, 0) is 41.0 Å². The number of amides is 1. The fourth-order valence-corrected chi connectivity index (χ4v) is 3.69. The standard InChI is InChI=1S/C28H21ClN2O4/c29-25-17-8-7-16-24(25)26(32)35-23-15-9-10-20(18-23)19-30-31-27(33)28(34,21-11-3-1-4-12-21)22-13-5-2-6-14-22/h1-19,34H,(H,31,33)/b30-19+. The molecule has 0 bridgehead atoms. The van der Waals surface area contributed by atoms with Crippen LogP contribution in [0.3, 0.4) is 0 Å². The third kappa shape index (κ3) is 5.46. The van der Waals surface area contributed by atoms with E-state index in [-0.39, 0.29) is 11.3 Å². The Kier molecular flexibility index (Phi) is 7.35. The molecule has 4 rings (SSSR count). The molecule has 0 heterocycles. The summed E-state index contributed by atoms with van der Waals surface area (Å²) in [5, 5.41) is 15.7. The van der Waals surface area contributed by atoms with Gasteiger partial charge in [-0.3, -0.25) is 4.79 Å². The lowest BCUT2D eigenvalue weighted by atomic mass is 9.85. The number of hydrogen-bond acceptors (Lipinski definition) is 5. The van der Waals surface area contributed by atoms with Crippen LogP contribution in [0.1, 0.15) is 27.0 Å². The van der Waals surface area contributed by atoms with E-state index in [0.29, 0.717) is 21.7 Å². The summed E-state index contributed by atoms with van der Waals surface area (Å²) in [5.41, 5.74) is 2.12.